The summed E-state index contributed by atoms with van der Waals surface area (Å²) in [6.45, 7) is -0.295. The highest BCUT2D eigenvalue weighted by Gasteiger charge is 2.28. The highest BCUT2D eigenvalue weighted by atomic mass is 35.5. The number of carbonyl (C=O) groups is 2. The highest BCUT2D eigenvalue weighted by molar-refractivity contribution is 7.90. The van der Waals surface area contributed by atoms with Gasteiger partial charge in [-0.05, 0) is 24.3 Å². The lowest BCUT2D eigenvalue weighted by Gasteiger charge is -2.18. The molecule has 0 fully saturated rings. The molecule has 7 nitrogen and oxygen atoms in total. The second kappa shape index (κ2) is 9.50. The molecular weight excluding hydrogens is 410 g/mol. The van der Waals surface area contributed by atoms with Crippen LogP contribution in [0.15, 0.2) is 42.5 Å². The Labute approximate surface area is 165 Å². The third-order valence-electron chi connectivity index (χ3n) is 3.41. The van der Waals surface area contributed by atoms with E-state index >= 15 is 0 Å². The van der Waals surface area contributed by atoms with E-state index in [9.17, 15) is 18.0 Å². The average molecular weight is 426 g/mol. The first-order valence-electron chi connectivity index (χ1n) is 7.76. The Bertz CT molecular complexity index is 952. The van der Waals surface area contributed by atoms with Gasteiger partial charge in [0.05, 0.1) is 21.9 Å². The lowest BCUT2D eigenvalue weighted by atomic mass is 10.2. The first-order chi connectivity index (χ1) is 12.8. The Morgan fingerprint density at radius 3 is 2.48 bits per heavy atom. The molecule has 0 radical (unpaired) electrons. The summed E-state index contributed by atoms with van der Waals surface area (Å²) in [5, 5.41) is 13.3. The monoisotopic (exact) mass is 425 g/mol. The number of amides is 2. The van der Waals surface area contributed by atoms with Gasteiger partial charge < -0.3 is 10.6 Å². The number of carbonyl (C=O) groups excluding carboxylic acids is 2. The number of sulfone groups is 1. The van der Waals surface area contributed by atoms with E-state index in [1.807, 2.05) is 0 Å². The molecule has 0 bridgehead atoms. The molecule has 27 heavy (non-hydrogen) atoms. The van der Waals surface area contributed by atoms with Gasteiger partial charge in [0.15, 0.2) is 9.84 Å². The second-order valence-electron chi connectivity index (χ2n) is 5.53. The number of nitriles is 1. The lowest BCUT2D eigenvalue weighted by Crippen LogP contribution is -2.50. The van der Waals surface area contributed by atoms with Gasteiger partial charge in [-0.3, -0.25) is 9.59 Å². The highest BCUT2D eigenvalue weighted by Crippen LogP contribution is 2.23. The molecule has 1 aromatic heterocycles. The Morgan fingerprint density at radius 2 is 1.89 bits per heavy atom. The topological polar surface area (TPSA) is 116 Å². The van der Waals surface area contributed by atoms with Gasteiger partial charge in [-0.25, -0.2) is 8.42 Å². The zero-order valence-corrected chi connectivity index (χ0v) is 16.4. The number of nitrogens with one attached hydrogen (secondary N) is 2. The summed E-state index contributed by atoms with van der Waals surface area (Å²) in [7, 11) is -3.73. The number of nitrogens with zero attached hydrogens (tertiary/aromatic N) is 1. The van der Waals surface area contributed by atoms with Crippen LogP contribution < -0.4 is 10.6 Å². The summed E-state index contributed by atoms with van der Waals surface area (Å²) in [4.78, 5) is 25.1. The van der Waals surface area contributed by atoms with Gasteiger partial charge in [0.1, 0.15) is 12.6 Å². The Balaban J connectivity index is 2.15. The number of halogens is 1. The molecule has 0 aliphatic rings. The normalized spacial score (nSPS) is 12.0. The molecule has 1 heterocycles. The largest absolute Gasteiger partial charge is 0.341 e. The van der Waals surface area contributed by atoms with E-state index < -0.39 is 33.4 Å². The van der Waals surface area contributed by atoms with Crippen LogP contribution in [0.5, 0.6) is 0 Å². The van der Waals surface area contributed by atoms with Crippen LogP contribution in [0.3, 0.4) is 0 Å². The molecule has 1 atom stereocenters. The Hall–Kier alpha value is -2.41. The maximum atomic E-state index is 12.5. The zero-order chi connectivity index (χ0) is 19.9. The molecule has 0 saturated heterocycles. The van der Waals surface area contributed by atoms with Crippen molar-refractivity contribution < 1.29 is 18.0 Å². The number of hydrogen-bond acceptors (Lipinski definition) is 6. The minimum Gasteiger partial charge on any atom is -0.341 e. The SMILES string of the molecule is N#CCNC(=O)C(CS(=O)(=O)Cc1ccc(Cl)s1)NC(=O)c1ccccc1. The number of hydrogen-bond donors (Lipinski definition) is 2. The molecular formula is C17H16ClN3O4S2. The number of thiophene rings is 1. The number of rotatable bonds is 8. The van der Waals surface area contributed by atoms with Crippen molar-refractivity contribution in [1.82, 2.24) is 10.6 Å². The molecule has 2 amide bonds. The molecule has 0 aliphatic carbocycles. The summed E-state index contributed by atoms with van der Waals surface area (Å²) in [6, 6.07) is 11.7. The molecule has 0 aliphatic heterocycles. The van der Waals surface area contributed by atoms with Crippen molar-refractivity contribution in [3.63, 3.8) is 0 Å². The van der Waals surface area contributed by atoms with E-state index in [1.165, 1.54) is 0 Å². The van der Waals surface area contributed by atoms with Crippen LogP contribution in [0.2, 0.25) is 4.34 Å². The van der Waals surface area contributed by atoms with Gasteiger partial charge >= 0.3 is 0 Å². The second-order valence-corrected chi connectivity index (χ2v) is 9.44. The van der Waals surface area contributed by atoms with Crippen molar-refractivity contribution in [2.45, 2.75) is 11.8 Å². The average Bonchev–Trinajstić information content (AvgIpc) is 3.03. The van der Waals surface area contributed by atoms with Crippen molar-refractivity contribution in [3.8, 4) is 6.07 Å². The van der Waals surface area contributed by atoms with Crippen LogP contribution >= 0.6 is 22.9 Å². The van der Waals surface area contributed by atoms with Crippen LogP contribution in [0.1, 0.15) is 15.2 Å². The first kappa shape index (κ1) is 20.9. The fourth-order valence-corrected chi connectivity index (χ4v) is 5.27. The summed E-state index contributed by atoms with van der Waals surface area (Å²) >= 11 is 6.94. The summed E-state index contributed by atoms with van der Waals surface area (Å²) < 4.78 is 25.4. The fraction of sp³-hybridized carbons (Fsp3) is 0.235. The molecule has 1 aromatic carbocycles. The molecule has 0 saturated carbocycles. The minimum atomic E-state index is -3.73. The van der Waals surface area contributed by atoms with Crippen molar-refractivity contribution in [2.24, 2.45) is 0 Å². The first-order valence-corrected chi connectivity index (χ1v) is 10.8. The van der Waals surface area contributed by atoms with E-state index in [1.54, 1.807) is 48.5 Å². The van der Waals surface area contributed by atoms with Gasteiger partial charge in [0.25, 0.3) is 5.91 Å². The van der Waals surface area contributed by atoms with Crippen LogP contribution in [0.25, 0.3) is 0 Å². The minimum absolute atomic E-state index is 0.290. The molecule has 0 spiro atoms. The quantitative estimate of drug-likeness (QED) is 0.625. The molecule has 2 aromatic rings. The predicted octanol–water partition coefficient (Wildman–Crippen LogP) is 1.75. The molecule has 10 heteroatoms. The lowest BCUT2D eigenvalue weighted by molar-refractivity contribution is -0.122. The van der Waals surface area contributed by atoms with Gasteiger partial charge in [-0.15, -0.1) is 11.3 Å². The van der Waals surface area contributed by atoms with Gasteiger partial charge in [-0.1, -0.05) is 29.8 Å². The van der Waals surface area contributed by atoms with E-state index in [0.717, 1.165) is 11.3 Å². The Kier molecular flexibility index (Phi) is 7.36. The van der Waals surface area contributed by atoms with E-state index in [0.29, 0.717) is 9.21 Å². The van der Waals surface area contributed by atoms with Crippen molar-refractivity contribution in [2.75, 3.05) is 12.3 Å². The smallest absolute Gasteiger partial charge is 0.251 e. The van der Waals surface area contributed by atoms with Crippen molar-refractivity contribution >= 4 is 44.6 Å². The van der Waals surface area contributed by atoms with Gasteiger partial charge in [0.2, 0.25) is 5.91 Å². The zero-order valence-electron chi connectivity index (χ0n) is 14.0. The maximum Gasteiger partial charge on any atom is 0.251 e. The molecule has 2 N–H and O–H groups in total. The third-order valence-corrected chi connectivity index (χ3v) is 6.42. The summed E-state index contributed by atoms with van der Waals surface area (Å²) in [5.74, 6) is -2.22. The molecule has 1 unspecified atom stereocenters. The van der Waals surface area contributed by atoms with Crippen LogP contribution in [-0.2, 0) is 20.4 Å². The fourth-order valence-electron chi connectivity index (χ4n) is 2.22. The van der Waals surface area contributed by atoms with Crippen molar-refractivity contribution in [3.05, 3.63) is 57.2 Å². The van der Waals surface area contributed by atoms with Crippen LogP contribution in [0, 0.1) is 11.3 Å². The Morgan fingerprint density at radius 1 is 1.19 bits per heavy atom. The van der Waals surface area contributed by atoms with Crippen LogP contribution in [-0.4, -0.2) is 38.6 Å². The maximum absolute atomic E-state index is 12.5. The van der Waals surface area contributed by atoms with Gasteiger partial charge in [-0.2, -0.15) is 5.26 Å². The van der Waals surface area contributed by atoms with E-state index in [2.05, 4.69) is 10.6 Å². The summed E-state index contributed by atoms with van der Waals surface area (Å²) in [5.41, 5.74) is 0.290. The molecule has 142 valence electrons. The summed E-state index contributed by atoms with van der Waals surface area (Å²) in [6.07, 6.45) is 0. The number of benzene rings is 1. The standard InChI is InChI=1S/C17H16ClN3O4S2/c18-15-7-6-13(26-15)10-27(24,25)11-14(17(23)20-9-8-19)21-16(22)12-4-2-1-3-5-12/h1-7,14H,9-11H2,(H,20,23)(H,21,22). The van der Waals surface area contributed by atoms with Crippen LogP contribution in [0.4, 0.5) is 0 Å². The van der Waals surface area contributed by atoms with Gasteiger partial charge in [0, 0.05) is 10.4 Å². The van der Waals surface area contributed by atoms with E-state index in [-0.39, 0.29) is 17.9 Å². The van der Waals surface area contributed by atoms with Crippen molar-refractivity contribution in [1.29, 1.82) is 5.26 Å². The predicted molar refractivity (Wildman–Crippen MR) is 103 cm³/mol. The third kappa shape index (κ3) is 6.67. The van der Waals surface area contributed by atoms with E-state index in [4.69, 9.17) is 16.9 Å². The molecule has 2 rings (SSSR count).